The van der Waals surface area contributed by atoms with Crippen molar-refractivity contribution in [2.24, 2.45) is 0 Å². The molecule has 2 atom stereocenters. The maximum Gasteiger partial charge on any atom is 0.122 e. The quantitative estimate of drug-likeness (QED) is 0.400. The van der Waals surface area contributed by atoms with Crippen LogP contribution in [0.1, 0.15) is 6.42 Å². The summed E-state index contributed by atoms with van der Waals surface area (Å²) in [6.07, 6.45) is -1.98. The molecule has 0 spiro atoms. The zero-order valence-corrected chi connectivity index (χ0v) is 4.90. The van der Waals surface area contributed by atoms with Crippen LogP contribution in [0.25, 0.3) is 0 Å². The van der Waals surface area contributed by atoms with Crippen LogP contribution in [0.2, 0.25) is 0 Å². The Bertz CT molecular complexity index is 83.0. The zero-order chi connectivity index (χ0) is 7.28. The van der Waals surface area contributed by atoms with Crippen LogP contribution in [-0.2, 0) is 4.79 Å². The van der Waals surface area contributed by atoms with Gasteiger partial charge in [-0.1, -0.05) is 0 Å². The van der Waals surface area contributed by atoms with Crippen LogP contribution >= 0.6 is 0 Å². The van der Waals surface area contributed by atoms with E-state index >= 15 is 0 Å². The van der Waals surface area contributed by atoms with Gasteiger partial charge in [-0.3, -0.25) is 0 Å². The summed E-state index contributed by atoms with van der Waals surface area (Å²) in [5.74, 6) is 0. The number of aldehydes is 1. The monoisotopic (exact) mass is 134 g/mol. The molecule has 0 aromatic rings. The highest BCUT2D eigenvalue weighted by Gasteiger charge is 2.13. The molecule has 0 rings (SSSR count). The van der Waals surface area contributed by atoms with Crippen molar-refractivity contribution < 1.29 is 20.1 Å². The SMILES string of the molecule is O=CC[C@H](O)C(O)CO. The van der Waals surface area contributed by atoms with Gasteiger partial charge in [-0.05, 0) is 0 Å². The Morgan fingerprint density at radius 1 is 1.33 bits per heavy atom. The van der Waals surface area contributed by atoms with Gasteiger partial charge in [-0.2, -0.15) is 0 Å². The number of hydrogen-bond donors (Lipinski definition) is 3. The summed E-state index contributed by atoms with van der Waals surface area (Å²) < 4.78 is 0. The third-order valence-electron chi connectivity index (χ3n) is 0.969. The van der Waals surface area contributed by atoms with Gasteiger partial charge in [-0.25, -0.2) is 0 Å². The lowest BCUT2D eigenvalue weighted by atomic mass is 10.2. The van der Waals surface area contributed by atoms with Gasteiger partial charge in [-0.15, -0.1) is 0 Å². The topological polar surface area (TPSA) is 77.8 Å². The van der Waals surface area contributed by atoms with Gasteiger partial charge in [0.2, 0.25) is 0 Å². The second-order valence-corrected chi connectivity index (χ2v) is 1.72. The molecule has 0 fully saturated rings. The minimum absolute atomic E-state index is 0.137. The van der Waals surface area contributed by atoms with E-state index in [1.165, 1.54) is 0 Å². The first-order valence-corrected chi connectivity index (χ1v) is 2.63. The standard InChI is InChI=1S/C5H10O4/c6-2-1-4(8)5(9)3-7/h2,4-5,7-9H,1,3H2/t4-,5?/m0/s1. The number of hydrogen-bond acceptors (Lipinski definition) is 4. The fourth-order valence-electron chi connectivity index (χ4n) is 0.377. The van der Waals surface area contributed by atoms with Gasteiger partial charge in [0.25, 0.3) is 0 Å². The Labute approximate surface area is 52.7 Å². The smallest absolute Gasteiger partial charge is 0.122 e. The van der Waals surface area contributed by atoms with E-state index in [-0.39, 0.29) is 6.42 Å². The fourth-order valence-corrected chi connectivity index (χ4v) is 0.377. The summed E-state index contributed by atoms with van der Waals surface area (Å²) >= 11 is 0. The summed E-state index contributed by atoms with van der Waals surface area (Å²) in [6, 6.07) is 0. The maximum atomic E-state index is 9.68. The molecule has 9 heavy (non-hydrogen) atoms. The van der Waals surface area contributed by atoms with Crippen LogP contribution in [-0.4, -0.2) is 40.4 Å². The Kier molecular flexibility index (Phi) is 4.21. The van der Waals surface area contributed by atoms with Crippen LogP contribution in [0.4, 0.5) is 0 Å². The van der Waals surface area contributed by atoms with Crippen molar-refractivity contribution in [3.05, 3.63) is 0 Å². The summed E-state index contributed by atoms with van der Waals surface area (Å²) in [6.45, 7) is -0.519. The number of rotatable bonds is 4. The first-order valence-electron chi connectivity index (χ1n) is 2.63. The summed E-state index contributed by atoms with van der Waals surface area (Å²) in [4.78, 5) is 9.68. The molecular formula is C5H10O4. The normalized spacial score (nSPS) is 16.8. The fraction of sp³-hybridized carbons (Fsp3) is 0.800. The lowest BCUT2D eigenvalue weighted by Gasteiger charge is -2.11. The molecule has 0 aromatic heterocycles. The van der Waals surface area contributed by atoms with Crippen molar-refractivity contribution >= 4 is 6.29 Å². The molecule has 0 aliphatic heterocycles. The van der Waals surface area contributed by atoms with E-state index in [1.54, 1.807) is 0 Å². The summed E-state index contributed by atoms with van der Waals surface area (Å²) in [5, 5.41) is 25.5. The molecule has 0 amide bonds. The van der Waals surface area contributed by atoms with Crippen molar-refractivity contribution in [1.82, 2.24) is 0 Å². The highest BCUT2D eigenvalue weighted by Crippen LogP contribution is 1.94. The molecule has 4 nitrogen and oxygen atoms in total. The van der Waals surface area contributed by atoms with Gasteiger partial charge in [0.05, 0.1) is 12.7 Å². The molecule has 0 bridgehead atoms. The van der Waals surface area contributed by atoms with Gasteiger partial charge in [0.15, 0.2) is 0 Å². The van der Waals surface area contributed by atoms with Crippen LogP contribution in [0.3, 0.4) is 0 Å². The predicted molar refractivity (Wildman–Crippen MR) is 29.8 cm³/mol. The third-order valence-corrected chi connectivity index (χ3v) is 0.969. The first-order chi connectivity index (χ1) is 4.22. The molecular weight excluding hydrogens is 124 g/mol. The zero-order valence-electron chi connectivity index (χ0n) is 4.90. The Morgan fingerprint density at radius 3 is 2.22 bits per heavy atom. The van der Waals surface area contributed by atoms with Crippen LogP contribution in [0.5, 0.6) is 0 Å². The Morgan fingerprint density at radius 2 is 1.89 bits per heavy atom. The van der Waals surface area contributed by atoms with Gasteiger partial charge in [0.1, 0.15) is 12.4 Å². The van der Waals surface area contributed by atoms with E-state index in [2.05, 4.69) is 0 Å². The van der Waals surface area contributed by atoms with Gasteiger partial charge >= 0.3 is 0 Å². The van der Waals surface area contributed by atoms with Crippen molar-refractivity contribution in [3.63, 3.8) is 0 Å². The molecule has 3 N–H and O–H groups in total. The summed E-state index contributed by atoms with van der Waals surface area (Å²) in [5.41, 5.74) is 0. The molecule has 0 heterocycles. The molecule has 0 saturated carbocycles. The maximum absolute atomic E-state index is 9.68. The van der Waals surface area contributed by atoms with E-state index in [4.69, 9.17) is 15.3 Å². The Balaban J connectivity index is 3.44. The van der Waals surface area contributed by atoms with Gasteiger partial charge < -0.3 is 20.1 Å². The second kappa shape index (κ2) is 4.43. The molecule has 0 aliphatic carbocycles. The molecule has 0 saturated heterocycles. The molecule has 0 aromatic carbocycles. The predicted octanol–water partition coefficient (Wildman–Crippen LogP) is -1.71. The molecule has 54 valence electrons. The van der Waals surface area contributed by atoms with E-state index in [0.717, 1.165) is 0 Å². The lowest BCUT2D eigenvalue weighted by Crippen LogP contribution is -2.29. The Hall–Kier alpha value is -0.450. The van der Waals surface area contributed by atoms with E-state index < -0.39 is 18.8 Å². The highest BCUT2D eigenvalue weighted by atomic mass is 16.4. The number of aliphatic hydroxyl groups is 3. The average molecular weight is 134 g/mol. The van der Waals surface area contributed by atoms with Crippen molar-refractivity contribution in [2.75, 3.05) is 6.61 Å². The van der Waals surface area contributed by atoms with Crippen LogP contribution in [0.15, 0.2) is 0 Å². The van der Waals surface area contributed by atoms with Crippen molar-refractivity contribution in [1.29, 1.82) is 0 Å². The van der Waals surface area contributed by atoms with Crippen molar-refractivity contribution in [2.45, 2.75) is 18.6 Å². The van der Waals surface area contributed by atoms with Crippen LogP contribution in [0, 0.1) is 0 Å². The highest BCUT2D eigenvalue weighted by molar-refractivity contribution is 5.50. The number of aliphatic hydroxyl groups excluding tert-OH is 3. The minimum atomic E-state index is -1.20. The van der Waals surface area contributed by atoms with E-state index in [1.807, 2.05) is 0 Å². The van der Waals surface area contributed by atoms with E-state index in [0.29, 0.717) is 6.29 Å². The largest absolute Gasteiger partial charge is 0.394 e. The van der Waals surface area contributed by atoms with Crippen LogP contribution < -0.4 is 0 Å². The minimum Gasteiger partial charge on any atom is -0.394 e. The average Bonchev–Trinajstić information content (AvgIpc) is 1.87. The molecule has 1 unspecified atom stereocenters. The first kappa shape index (κ1) is 8.55. The van der Waals surface area contributed by atoms with Crippen molar-refractivity contribution in [3.8, 4) is 0 Å². The molecule has 0 aliphatic rings. The molecule has 4 heteroatoms. The second-order valence-electron chi connectivity index (χ2n) is 1.72. The number of carbonyl (C=O) groups excluding carboxylic acids is 1. The van der Waals surface area contributed by atoms with Gasteiger partial charge in [0, 0.05) is 6.42 Å². The third kappa shape index (κ3) is 3.18. The number of carbonyl (C=O) groups is 1. The lowest BCUT2D eigenvalue weighted by molar-refractivity contribution is -0.111. The van der Waals surface area contributed by atoms with E-state index in [9.17, 15) is 4.79 Å². The molecule has 0 radical (unpaired) electrons. The summed E-state index contributed by atoms with van der Waals surface area (Å²) in [7, 11) is 0.